The number of esters is 1. The van der Waals surface area contributed by atoms with Gasteiger partial charge in [-0.15, -0.1) is 0 Å². The average Bonchev–Trinajstić information content (AvgIpc) is 2.76. The lowest BCUT2D eigenvalue weighted by Crippen LogP contribution is -2.49. The van der Waals surface area contributed by atoms with Crippen molar-refractivity contribution in [2.75, 3.05) is 19.7 Å². The fourth-order valence-electron chi connectivity index (χ4n) is 4.78. The smallest absolute Gasteiger partial charge is 0.331 e. The highest BCUT2D eigenvalue weighted by Crippen LogP contribution is 2.31. The quantitative estimate of drug-likeness (QED) is 0.378. The van der Waals surface area contributed by atoms with E-state index in [1.54, 1.807) is 6.08 Å². The second-order valence-electron chi connectivity index (χ2n) is 8.46. The maximum Gasteiger partial charge on any atom is 0.331 e. The summed E-state index contributed by atoms with van der Waals surface area (Å²) in [6.07, 6.45) is 11.9. The monoisotopic (exact) mass is 389 g/mol. The van der Waals surface area contributed by atoms with Crippen LogP contribution >= 0.6 is 0 Å². The molecule has 0 amide bonds. The van der Waals surface area contributed by atoms with Gasteiger partial charge in [0.25, 0.3) is 0 Å². The first-order valence-electron chi connectivity index (χ1n) is 10.9. The van der Waals surface area contributed by atoms with E-state index in [0.29, 0.717) is 18.6 Å². The SMILES string of the molecule is CC(C=Cc1ccc2ccccc2c1)=CC(=O)OC[C@@H]1CCCN2CCCC[C@H]12. The van der Waals surface area contributed by atoms with Crippen molar-refractivity contribution in [3.63, 3.8) is 0 Å². The Hall–Kier alpha value is -2.39. The zero-order chi connectivity index (χ0) is 20.1. The predicted octanol–water partition coefficient (Wildman–Crippen LogP) is 5.61. The summed E-state index contributed by atoms with van der Waals surface area (Å²) in [6.45, 7) is 4.93. The van der Waals surface area contributed by atoms with Gasteiger partial charge in [-0.3, -0.25) is 4.90 Å². The standard InChI is InChI=1S/C26H31NO2/c1-20(11-12-21-13-14-22-7-2-3-8-23(22)18-21)17-26(28)29-19-24-9-6-16-27-15-5-4-10-25(24)27/h2-3,7-8,11-14,17-18,24-25H,4-6,9-10,15-16,19H2,1H3/t24-,25+/m0/s1. The fourth-order valence-corrected chi connectivity index (χ4v) is 4.78. The molecule has 2 heterocycles. The number of benzene rings is 2. The van der Waals surface area contributed by atoms with Gasteiger partial charge >= 0.3 is 5.97 Å². The third-order valence-electron chi connectivity index (χ3n) is 6.33. The molecule has 0 radical (unpaired) electrons. The minimum atomic E-state index is -0.224. The molecule has 0 aromatic heterocycles. The number of hydrogen-bond donors (Lipinski definition) is 0. The molecule has 2 aromatic rings. The molecule has 2 aliphatic rings. The highest BCUT2D eigenvalue weighted by atomic mass is 16.5. The molecular weight excluding hydrogens is 358 g/mol. The first kappa shape index (κ1) is 19.9. The highest BCUT2D eigenvalue weighted by Gasteiger charge is 2.33. The molecule has 0 aliphatic carbocycles. The van der Waals surface area contributed by atoms with Gasteiger partial charge in [-0.25, -0.2) is 4.79 Å². The minimum absolute atomic E-state index is 0.224. The highest BCUT2D eigenvalue weighted by molar-refractivity contribution is 5.85. The van der Waals surface area contributed by atoms with Gasteiger partial charge in [0, 0.05) is 18.0 Å². The van der Waals surface area contributed by atoms with Crippen LogP contribution in [0.15, 0.2) is 60.2 Å². The Labute approximate surface area is 174 Å². The summed E-state index contributed by atoms with van der Waals surface area (Å²) in [5.41, 5.74) is 2.04. The van der Waals surface area contributed by atoms with E-state index < -0.39 is 0 Å². The van der Waals surface area contributed by atoms with Gasteiger partial charge in [0.2, 0.25) is 0 Å². The van der Waals surface area contributed by atoms with Crippen molar-refractivity contribution in [3.05, 3.63) is 65.8 Å². The van der Waals surface area contributed by atoms with Crippen LogP contribution in [0.1, 0.15) is 44.6 Å². The molecular formula is C26H31NO2. The topological polar surface area (TPSA) is 29.5 Å². The number of rotatable bonds is 5. The van der Waals surface area contributed by atoms with Gasteiger partial charge in [-0.1, -0.05) is 55.0 Å². The van der Waals surface area contributed by atoms with Gasteiger partial charge in [0.05, 0.1) is 6.61 Å². The lowest BCUT2D eigenvalue weighted by Gasteiger charge is -2.44. The van der Waals surface area contributed by atoms with Crippen LogP contribution in [0.2, 0.25) is 0 Å². The molecule has 2 atom stereocenters. The summed E-state index contributed by atoms with van der Waals surface area (Å²) < 4.78 is 5.63. The first-order chi connectivity index (χ1) is 14.2. The Morgan fingerprint density at radius 3 is 2.79 bits per heavy atom. The Morgan fingerprint density at radius 2 is 1.90 bits per heavy atom. The molecule has 4 rings (SSSR count). The second kappa shape index (κ2) is 9.41. The summed E-state index contributed by atoms with van der Waals surface area (Å²) in [6, 6.07) is 15.3. The van der Waals surface area contributed by atoms with Gasteiger partial charge in [-0.2, -0.15) is 0 Å². The predicted molar refractivity (Wildman–Crippen MR) is 120 cm³/mol. The van der Waals surface area contributed by atoms with Gasteiger partial charge in [-0.05, 0) is 73.7 Å². The average molecular weight is 390 g/mol. The van der Waals surface area contributed by atoms with Crippen LogP contribution in [-0.2, 0) is 9.53 Å². The minimum Gasteiger partial charge on any atom is -0.462 e. The number of carbonyl (C=O) groups excluding carboxylic acids is 1. The maximum absolute atomic E-state index is 12.3. The largest absolute Gasteiger partial charge is 0.462 e. The molecule has 0 unspecified atom stereocenters. The lowest BCUT2D eigenvalue weighted by atomic mass is 9.84. The van der Waals surface area contributed by atoms with Crippen molar-refractivity contribution in [1.29, 1.82) is 0 Å². The summed E-state index contributed by atoms with van der Waals surface area (Å²) in [5.74, 6) is 0.272. The van der Waals surface area contributed by atoms with E-state index in [2.05, 4.69) is 47.4 Å². The van der Waals surface area contributed by atoms with E-state index in [1.807, 2.05) is 19.1 Å². The Morgan fingerprint density at radius 1 is 1.07 bits per heavy atom. The normalized spacial score (nSPS) is 23.3. The molecule has 3 heteroatoms. The van der Waals surface area contributed by atoms with Gasteiger partial charge in [0.1, 0.15) is 0 Å². The summed E-state index contributed by atoms with van der Waals surface area (Å²) >= 11 is 0. The van der Waals surface area contributed by atoms with Crippen LogP contribution in [0.25, 0.3) is 16.8 Å². The van der Waals surface area contributed by atoms with Crippen molar-refractivity contribution in [1.82, 2.24) is 4.90 Å². The van der Waals surface area contributed by atoms with Gasteiger partial charge < -0.3 is 4.74 Å². The van der Waals surface area contributed by atoms with Crippen LogP contribution in [0.3, 0.4) is 0 Å². The summed E-state index contributed by atoms with van der Waals surface area (Å²) in [4.78, 5) is 14.9. The zero-order valence-electron chi connectivity index (χ0n) is 17.3. The number of carbonyl (C=O) groups is 1. The van der Waals surface area contributed by atoms with Crippen LogP contribution in [-0.4, -0.2) is 36.6 Å². The van der Waals surface area contributed by atoms with E-state index >= 15 is 0 Å². The van der Waals surface area contributed by atoms with Crippen LogP contribution in [0.5, 0.6) is 0 Å². The Kier molecular flexibility index (Phi) is 6.46. The van der Waals surface area contributed by atoms with E-state index in [1.165, 1.54) is 56.0 Å². The van der Waals surface area contributed by atoms with Gasteiger partial charge in [0.15, 0.2) is 0 Å². The molecule has 0 spiro atoms. The van der Waals surface area contributed by atoms with Crippen molar-refractivity contribution in [3.8, 4) is 0 Å². The lowest BCUT2D eigenvalue weighted by molar-refractivity contribution is -0.140. The number of fused-ring (bicyclic) bond motifs is 2. The Balaban J connectivity index is 1.32. The fraction of sp³-hybridized carbons (Fsp3) is 0.423. The van der Waals surface area contributed by atoms with Crippen molar-refractivity contribution >= 4 is 22.8 Å². The van der Waals surface area contributed by atoms with Crippen molar-refractivity contribution in [2.45, 2.75) is 45.1 Å². The summed E-state index contributed by atoms with van der Waals surface area (Å²) in [7, 11) is 0. The Bertz CT molecular complexity index is 912. The third kappa shape index (κ3) is 5.16. The van der Waals surface area contributed by atoms with Crippen LogP contribution in [0, 0.1) is 5.92 Å². The number of hydrogen-bond acceptors (Lipinski definition) is 3. The summed E-state index contributed by atoms with van der Waals surface area (Å²) in [5, 5.41) is 2.46. The zero-order valence-corrected chi connectivity index (χ0v) is 17.3. The molecule has 0 saturated carbocycles. The third-order valence-corrected chi connectivity index (χ3v) is 6.33. The molecule has 0 bridgehead atoms. The van der Waals surface area contributed by atoms with E-state index in [4.69, 9.17) is 4.74 Å². The van der Waals surface area contributed by atoms with Crippen molar-refractivity contribution in [2.24, 2.45) is 5.92 Å². The van der Waals surface area contributed by atoms with E-state index in [-0.39, 0.29) is 5.97 Å². The maximum atomic E-state index is 12.3. The van der Waals surface area contributed by atoms with E-state index in [0.717, 1.165) is 11.1 Å². The van der Waals surface area contributed by atoms with Crippen molar-refractivity contribution < 1.29 is 9.53 Å². The van der Waals surface area contributed by atoms with E-state index in [9.17, 15) is 4.79 Å². The molecule has 0 N–H and O–H groups in total. The molecule has 2 fully saturated rings. The second-order valence-corrected chi connectivity index (χ2v) is 8.46. The molecule has 2 aliphatic heterocycles. The molecule has 2 saturated heterocycles. The number of allylic oxidation sites excluding steroid dienone is 2. The van der Waals surface area contributed by atoms with Crippen LogP contribution < -0.4 is 0 Å². The molecule has 152 valence electrons. The molecule has 2 aromatic carbocycles. The van der Waals surface area contributed by atoms with Crippen LogP contribution in [0.4, 0.5) is 0 Å². The first-order valence-corrected chi connectivity index (χ1v) is 10.9. The molecule has 3 nitrogen and oxygen atoms in total. The number of piperidine rings is 2. The molecule has 29 heavy (non-hydrogen) atoms. The number of ether oxygens (including phenoxy) is 1. The number of nitrogens with zero attached hydrogens (tertiary/aromatic N) is 1.